The van der Waals surface area contributed by atoms with Gasteiger partial charge in [-0.1, -0.05) is 6.08 Å². The Morgan fingerprint density at radius 1 is 1.64 bits per heavy atom. The summed E-state index contributed by atoms with van der Waals surface area (Å²) >= 11 is 0. The van der Waals surface area contributed by atoms with Gasteiger partial charge in [0.25, 0.3) is 0 Å². The summed E-state index contributed by atoms with van der Waals surface area (Å²) in [6, 6.07) is 0. The first-order chi connectivity index (χ1) is 5.18. The first-order valence-electron chi connectivity index (χ1n) is 3.71. The van der Waals surface area contributed by atoms with Gasteiger partial charge in [-0.25, -0.2) is 0 Å². The predicted molar refractivity (Wildman–Crippen MR) is 46.6 cm³/mol. The molecule has 62 valence electrons. The van der Waals surface area contributed by atoms with Gasteiger partial charge in [0.1, 0.15) is 7.85 Å². The predicted octanol–water partition coefficient (Wildman–Crippen LogP) is 0.846. The second-order valence-electron chi connectivity index (χ2n) is 2.78. The fourth-order valence-corrected chi connectivity index (χ4v) is 0.731. The molecule has 11 heavy (non-hydrogen) atoms. The van der Waals surface area contributed by atoms with Gasteiger partial charge in [-0.15, -0.1) is 5.98 Å². The van der Waals surface area contributed by atoms with Crippen LogP contribution in [0.4, 0.5) is 0 Å². The SMILES string of the molecule is [B]/C=C\CC[C@@](C)(CO)OC. The van der Waals surface area contributed by atoms with Gasteiger partial charge in [0.15, 0.2) is 0 Å². The first kappa shape index (κ1) is 10.7. The standard InChI is InChI=1S/C8H15BO2/c1-8(7-10,11-2)5-3-4-6-9/h4,6,10H,3,5,7H2,1-2H3/b6-4-/t8-/m0/s1. The van der Waals surface area contributed by atoms with E-state index in [1.165, 1.54) is 5.98 Å². The molecule has 0 unspecified atom stereocenters. The van der Waals surface area contributed by atoms with Gasteiger partial charge in [0, 0.05) is 7.11 Å². The molecule has 0 aliphatic carbocycles. The summed E-state index contributed by atoms with van der Waals surface area (Å²) in [6.07, 6.45) is 3.47. The zero-order chi connectivity index (χ0) is 8.74. The van der Waals surface area contributed by atoms with Gasteiger partial charge in [0.05, 0.1) is 12.2 Å². The molecule has 0 saturated heterocycles. The number of aliphatic hydroxyl groups is 1. The molecule has 0 aliphatic heterocycles. The van der Waals surface area contributed by atoms with E-state index < -0.39 is 5.60 Å². The highest BCUT2D eigenvalue weighted by molar-refractivity contribution is 6.16. The van der Waals surface area contributed by atoms with Crippen LogP contribution in [0, 0.1) is 0 Å². The number of ether oxygens (including phenoxy) is 1. The Morgan fingerprint density at radius 2 is 2.27 bits per heavy atom. The van der Waals surface area contributed by atoms with Crippen LogP contribution in [0.2, 0.25) is 0 Å². The largest absolute Gasteiger partial charge is 0.393 e. The quantitative estimate of drug-likeness (QED) is 0.594. The molecule has 0 spiro atoms. The van der Waals surface area contributed by atoms with Crippen LogP contribution in [-0.4, -0.2) is 32.3 Å². The summed E-state index contributed by atoms with van der Waals surface area (Å²) in [5, 5.41) is 8.90. The van der Waals surface area contributed by atoms with E-state index in [-0.39, 0.29) is 6.61 Å². The van der Waals surface area contributed by atoms with Crippen LogP contribution in [0.1, 0.15) is 19.8 Å². The topological polar surface area (TPSA) is 29.5 Å². The molecule has 2 nitrogen and oxygen atoms in total. The van der Waals surface area contributed by atoms with Crippen molar-refractivity contribution in [2.24, 2.45) is 0 Å². The lowest BCUT2D eigenvalue weighted by atomic mass is 9.99. The van der Waals surface area contributed by atoms with E-state index in [4.69, 9.17) is 17.7 Å². The molecule has 0 saturated carbocycles. The first-order valence-corrected chi connectivity index (χ1v) is 3.71. The normalized spacial score (nSPS) is 17.0. The van der Waals surface area contributed by atoms with Gasteiger partial charge < -0.3 is 9.84 Å². The minimum atomic E-state index is -0.417. The van der Waals surface area contributed by atoms with E-state index in [0.29, 0.717) is 0 Å². The van der Waals surface area contributed by atoms with Gasteiger partial charge in [-0.05, 0) is 19.8 Å². The van der Waals surface area contributed by atoms with E-state index in [9.17, 15) is 0 Å². The minimum Gasteiger partial charge on any atom is -0.393 e. The van der Waals surface area contributed by atoms with Crippen LogP contribution < -0.4 is 0 Å². The summed E-state index contributed by atoms with van der Waals surface area (Å²) in [4.78, 5) is 0. The zero-order valence-electron chi connectivity index (χ0n) is 7.21. The molecule has 0 rings (SSSR count). The van der Waals surface area contributed by atoms with Crippen molar-refractivity contribution in [2.45, 2.75) is 25.4 Å². The monoisotopic (exact) mass is 154 g/mol. The second kappa shape index (κ2) is 5.39. The fraction of sp³-hybridized carbons (Fsp3) is 0.750. The van der Waals surface area contributed by atoms with Crippen LogP contribution in [0.3, 0.4) is 0 Å². The molecule has 0 amide bonds. The maximum atomic E-state index is 8.90. The van der Waals surface area contributed by atoms with Crippen molar-refractivity contribution in [3.8, 4) is 0 Å². The lowest BCUT2D eigenvalue weighted by Crippen LogP contribution is -2.31. The molecule has 0 aromatic heterocycles. The van der Waals surface area contributed by atoms with Crippen molar-refractivity contribution in [2.75, 3.05) is 13.7 Å². The molecule has 0 aromatic carbocycles. The van der Waals surface area contributed by atoms with Crippen molar-refractivity contribution in [3.63, 3.8) is 0 Å². The number of allylic oxidation sites excluding steroid dienone is 1. The molecule has 0 aromatic rings. The Morgan fingerprint density at radius 3 is 2.64 bits per heavy atom. The van der Waals surface area contributed by atoms with Crippen LogP contribution in [0.15, 0.2) is 12.1 Å². The average molecular weight is 154 g/mol. The summed E-state index contributed by atoms with van der Waals surface area (Å²) in [6.45, 7) is 1.92. The van der Waals surface area contributed by atoms with Crippen LogP contribution in [-0.2, 0) is 4.74 Å². The molecule has 0 bridgehead atoms. The Bertz CT molecular complexity index is 119. The van der Waals surface area contributed by atoms with Crippen LogP contribution >= 0.6 is 0 Å². The highest BCUT2D eigenvalue weighted by Gasteiger charge is 2.20. The smallest absolute Gasteiger partial charge is 0.102 e. The van der Waals surface area contributed by atoms with Crippen molar-refractivity contribution >= 4 is 7.85 Å². The van der Waals surface area contributed by atoms with Gasteiger partial charge >= 0.3 is 0 Å². The summed E-state index contributed by atoms with van der Waals surface area (Å²) < 4.78 is 5.11. The van der Waals surface area contributed by atoms with E-state index in [2.05, 4.69) is 0 Å². The number of aliphatic hydroxyl groups excluding tert-OH is 1. The van der Waals surface area contributed by atoms with E-state index in [1.807, 2.05) is 13.0 Å². The van der Waals surface area contributed by atoms with Crippen molar-refractivity contribution in [1.82, 2.24) is 0 Å². The fourth-order valence-electron chi connectivity index (χ4n) is 0.731. The average Bonchev–Trinajstić information content (AvgIpc) is 2.05. The molecule has 0 fully saturated rings. The maximum Gasteiger partial charge on any atom is 0.102 e. The van der Waals surface area contributed by atoms with E-state index in [1.54, 1.807) is 7.11 Å². The lowest BCUT2D eigenvalue weighted by molar-refractivity contribution is -0.0424. The third-order valence-electron chi connectivity index (χ3n) is 1.80. The molecule has 1 N–H and O–H groups in total. The maximum absolute atomic E-state index is 8.90. The van der Waals surface area contributed by atoms with Gasteiger partial charge in [-0.2, -0.15) is 0 Å². The zero-order valence-corrected chi connectivity index (χ0v) is 7.21. The molecule has 2 radical (unpaired) electrons. The third-order valence-corrected chi connectivity index (χ3v) is 1.80. The number of hydrogen-bond acceptors (Lipinski definition) is 2. The Kier molecular flexibility index (Phi) is 5.25. The summed E-state index contributed by atoms with van der Waals surface area (Å²) in [5.74, 6) is 1.51. The van der Waals surface area contributed by atoms with Crippen LogP contribution in [0.5, 0.6) is 0 Å². The Balaban J connectivity index is 3.68. The van der Waals surface area contributed by atoms with Gasteiger partial charge in [0.2, 0.25) is 0 Å². The summed E-state index contributed by atoms with van der Waals surface area (Å²) in [5.41, 5.74) is -0.417. The summed E-state index contributed by atoms with van der Waals surface area (Å²) in [7, 11) is 6.76. The number of hydrogen-bond donors (Lipinski definition) is 1. The van der Waals surface area contributed by atoms with Crippen LogP contribution in [0.25, 0.3) is 0 Å². The van der Waals surface area contributed by atoms with Crippen molar-refractivity contribution in [1.29, 1.82) is 0 Å². The number of rotatable bonds is 5. The Hall–Kier alpha value is -0.275. The highest BCUT2D eigenvalue weighted by atomic mass is 16.5. The number of methoxy groups -OCH3 is 1. The second-order valence-corrected chi connectivity index (χ2v) is 2.78. The van der Waals surface area contributed by atoms with Crippen molar-refractivity contribution in [3.05, 3.63) is 12.1 Å². The molecular formula is C8H15BO2. The lowest BCUT2D eigenvalue weighted by Gasteiger charge is -2.24. The Labute approximate surface area is 69.7 Å². The van der Waals surface area contributed by atoms with E-state index in [0.717, 1.165) is 12.8 Å². The van der Waals surface area contributed by atoms with Crippen molar-refractivity contribution < 1.29 is 9.84 Å². The minimum absolute atomic E-state index is 0.0436. The van der Waals surface area contributed by atoms with Gasteiger partial charge in [-0.3, -0.25) is 0 Å². The highest BCUT2D eigenvalue weighted by Crippen LogP contribution is 2.15. The molecule has 0 heterocycles. The molecular weight excluding hydrogens is 139 g/mol. The molecule has 0 aliphatic rings. The third kappa shape index (κ3) is 4.22. The molecule has 3 heteroatoms. The molecule has 1 atom stereocenters. The van der Waals surface area contributed by atoms with E-state index >= 15 is 0 Å².